The van der Waals surface area contributed by atoms with Crippen LogP contribution in [0.15, 0.2) is 0 Å². The highest BCUT2D eigenvalue weighted by atomic mass is 16.6. The van der Waals surface area contributed by atoms with Crippen molar-refractivity contribution in [2.75, 3.05) is 0 Å². The number of nitrogens with one attached hydrogen (secondary N) is 1. The van der Waals surface area contributed by atoms with Crippen molar-refractivity contribution in [1.82, 2.24) is 5.32 Å². The number of esters is 1. The first-order valence-electron chi connectivity index (χ1n) is 4.80. The van der Waals surface area contributed by atoms with Crippen molar-refractivity contribution >= 4 is 11.9 Å². The van der Waals surface area contributed by atoms with Gasteiger partial charge in [0.15, 0.2) is 0 Å². The van der Waals surface area contributed by atoms with Crippen molar-refractivity contribution < 1.29 is 19.4 Å². The second kappa shape index (κ2) is 2.28. The molecule has 0 radical (unpaired) electrons. The van der Waals surface area contributed by atoms with Gasteiger partial charge in [0, 0.05) is 12.0 Å². The minimum Gasteiger partial charge on any atom is -0.481 e. The Hall–Kier alpha value is -1.10. The maximum absolute atomic E-state index is 11.4. The van der Waals surface area contributed by atoms with Gasteiger partial charge < -0.3 is 15.2 Å². The average molecular weight is 197 g/mol. The number of carbonyl (C=O) groups excluding carboxylic acids is 1. The van der Waals surface area contributed by atoms with Gasteiger partial charge in [-0.25, -0.2) is 0 Å². The van der Waals surface area contributed by atoms with E-state index in [1.165, 1.54) is 0 Å². The number of fused-ring (bicyclic) bond motifs is 1. The summed E-state index contributed by atoms with van der Waals surface area (Å²) in [5, 5.41) is 12.2. The van der Waals surface area contributed by atoms with Crippen molar-refractivity contribution in [1.29, 1.82) is 0 Å². The SMILES string of the molecule is C[C@@H]1C2NC3C(C(=O)OC31)C2C(=O)O. The molecule has 0 aliphatic carbocycles. The summed E-state index contributed by atoms with van der Waals surface area (Å²) in [4.78, 5) is 22.5. The van der Waals surface area contributed by atoms with E-state index in [9.17, 15) is 9.59 Å². The van der Waals surface area contributed by atoms with E-state index in [2.05, 4.69) is 5.32 Å². The number of carboxylic acids is 1. The number of hydrogen-bond acceptors (Lipinski definition) is 4. The van der Waals surface area contributed by atoms with Crippen molar-refractivity contribution in [3.05, 3.63) is 0 Å². The second-order valence-electron chi connectivity index (χ2n) is 4.37. The highest BCUT2D eigenvalue weighted by Gasteiger charge is 2.67. The lowest BCUT2D eigenvalue weighted by molar-refractivity contribution is -0.150. The Morgan fingerprint density at radius 2 is 2.21 bits per heavy atom. The molecule has 5 unspecified atom stereocenters. The first-order chi connectivity index (χ1) is 6.61. The molecule has 3 fully saturated rings. The first-order valence-corrected chi connectivity index (χ1v) is 4.80. The lowest BCUT2D eigenvalue weighted by atomic mass is 9.75. The van der Waals surface area contributed by atoms with Crippen LogP contribution in [0.1, 0.15) is 6.92 Å². The summed E-state index contributed by atoms with van der Waals surface area (Å²) in [5.74, 6) is -2.17. The summed E-state index contributed by atoms with van der Waals surface area (Å²) in [6.07, 6.45) is -0.104. The Kier molecular flexibility index (Phi) is 1.34. The minimum atomic E-state index is -0.890. The lowest BCUT2D eigenvalue weighted by Crippen LogP contribution is -2.41. The predicted octanol–water partition coefficient (Wildman–Crippen LogP) is -0.781. The Morgan fingerprint density at radius 1 is 1.50 bits per heavy atom. The lowest BCUT2D eigenvalue weighted by Gasteiger charge is -2.24. The molecule has 6 atom stereocenters. The summed E-state index contributed by atoms with van der Waals surface area (Å²) in [6, 6.07) is -0.164. The van der Waals surface area contributed by atoms with Gasteiger partial charge in [-0.15, -0.1) is 0 Å². The average Bonchev–Trinajstić information content (AvgIpc) is 2.67. The normalized spacial score (nSPS) is 53.6. The second-order valence-corrected chi connectivity index (χ2v) is 4.37. The van der Waals surface area contributed by atoms with Gasteiger partial charge in [-0.3, -0.25) is 9.59 Å². The molecule has 0 spiro atoms. The zero-order chi connectivity index (χ0) is 10.0. The smallest absolute Gasteiger partial charge is 0.311 e. The van der Waals surface area contributed by atoms with Gasteiger partial charge in [0.1, 0.15) is 6.10 Å². The predicted molar refractivity (Wildman–Crippen MR) is 44.4 cm³/mol. The number of carboxylic acid groups (broad SMARTS) is 1. The molecule has 0 saturated carbocycles. The monoisotopic (exact) mass is 197 g/mol. The zero-order valence-corrected chi connectivity index (χ0v) is 7.64. The number of rotatable bonds is 1. The molecule has 0 aromatic heterocycles. The van der Waals surface area contributed by atoms with E-state index in [4.69, 9.17) is 9.84 Å². The molecule has 3 aliphatic heterocycles. The maximum atomic E-state index is 11.4. The third kappa shape index (κ3) is 0.706. The standard InChI is InChI=1S/C9H11NO4/c1-2-5-3(8(11)12)4-6(10-5)7(2)14-9(4)13/h2-7,10H,1H3,(H,11,12)/t2-,3?,4?,5?,6?,7?/m1/s1. The molecule has 3 saturated heterocycles. The number of carbonyl (C=O) groups is 2. The van der Waals surface area contributed by atoms with Gasteiger partial charge >= 0.3 is 11.9 Å². The van der Waals surface area contributed by atoms with Crippen LogP contribution in [-0.2, 0) is 14.3 Å². The van der Waals surface area contributed by atoms with Gasteiger partial charge in [-0.1, -0.05) is 6.92 Å². The summed E-state index contributed by atoms with van der Waals surface area (Å²) in [5.41, 5.74) is 0. The van der Waals surface area contributed by atoms with Crippen LogP contribution in [-0.4, -0.2) is 35.2 Å². The molecule has 14 heavy (non-hydrogen) atoms. The topological polar surface area (TPSA) is 75.6 Å². The van der Waals surface area contributed by atoms with Gasteiger partial charge in [-0.05, 0) is 0 Å². The van der Waals surface area contributed by atoms with E-state index in [0.717, 1.165) is 0 Å². The highest BCUT2D eigenvalue weighted by Crippen LogP contribution is 2.48. The van der Waals surface area contributed by atoms with E-state index in [1.54, 1.807) is 0 Å². The molecule has 3 rings (SSSR count). The molecule has 0 aromatic carbocycles. The Bertz CT molecular complexity index is 329. The van der Waals surface area contributed by atoms with E-state index in [-0.39, 0.29) is 30.1 Å². The molecule has 3 aliphatic rings. The Morgan fingerprint density at radius 3 is 2.86 bits per heavy atom. The third-order valence-electron chi connectivity index (χ3n) is 3.79. The molecule has 76 valence electrons. The molecule has 2 N–H and O–H groups in total. The Balaban J connectivity index is 2.04. The molecule has 0 aromatic rings. The molecular weight excluding hydrogens is 186 g/mol. The van der Waals surface area contributed by atoms with Crippen molar-refractivity contribution in [2.24, 2.45) is 17.8 Å². The zero-order valence-electron chi connectivity index (χ0n) is 7.64. The Labute approximate surface area is 80.4 Å². The fraction of sp³-hybridized carbons (Fsp3) is 0.778. The van der Waals surface area contributed by atoms with E-state index in [1.807, 2.05) is 6.92 Å². The molecular formula is C9H11NO4. The summed E-state index contributed by atoms with van der Waals surface area (Å²) in [7, 11) is 0. The number of ether oxygens (including phenoxy) is 1. The van der Waals surface area contributed by atoms with Crippen LogP contribution < -0.4 is 5.32 Å². The van der Waals surface area contributed by atoms with Gasteiger partial charge in [0.05, 0.1) is 17.9 Å². The largest absolute Gasteiger partial charge is 0.481 e. The first kappa shape index (κ1) is 8.23. The molecule has 3 heterocycles. The minimum absolute atomic E-state index is 0.0661. The van der Waals surface area contributed by atoms with E-state index in [0.29, 0.717) is 0 Å². The van der Waals surface area contributed by atoms with Crippen LogP contribution in [0, 0.1) is 17.8 Å². The van der Waals surface area contributed by atoms with Crippen LogP contribution >= 0.6 is 0 Å². The van der Waals surface area contributed by atoms with Crippen LogP contribution in [0.5, 0.6) is 0 Å². The van der Waals surface area contributed by atoms with Gasteiger partial charge in [-0.2, -0.15) is 0 Å². The molecule has 5 nitrogen and oxygen atoms in total. The van der Waals surface area contributed by atoms with Crippen LogP contribution in [0.25, 0.3) is 0 Å². The quantitative estimate of drug-likeness (QED) is 0.539. The van der Waals surface area contributed by atoms with Crippen molar-refractivity contribution in [3.8, 4) is 0 Å². The van der Waals surface area contributed by atoms with Gasteiger partial charge in [0.2, 0.25) is 0 Å². The maximum Gasteiger partial charge on any atom is 0.311 e. The third-order valence-corrected chi connectivity index (χ3v) is 3.79. The van der Waals surface area contributed by atoms with E-state index < -0.39 is 17.8 Å². The number of aliphatic carboxylic acids is 1. The highest BCUT2D eigenvalue weighted by molar-refractivity contribution is 5.86. The summed E-state index contributed by atoms with van der Waals surface area (Å²) >= 11 is 0. The van der Waals surface area contributed by atoms with Gasteiger partial charge in [0.25, 0.3) is 0 Å². The fourth-order valence-corrected chi connectivity index (χ4v) is 3.18. The fourth-order valence-electron chi connectivity index (χ4n) is 3.18. The van der Waals surface area contributed by atoms with Crippen molar-refractivity contribution in [3.63, 3.8) is 0 Å². The van der Waals surface area contributed by atoms with Crippen molar-refractivity contribution in [2.45, 2.75) is 25.1 Å². The van der Waals surface area contributed by atoms with Crippen LogP contribution in [0.4, 0.5) is 0 Å². The van der Waals surface area contributed by atoms with E-state index >= 15 is 0 Å². The van der Waals surface area contributed by atoms with Crippen LogP contribution in [0.2, 0.25) is 0 Å². The van der Waals surface area contributed by atoms with Crippen LogP contribution in [0.3, 0.4) is 0 Å². The number of hydrogen-bond donors (Lipinski definition) is 2. The summed E-state index contributed by atoms with van der Waals surface area (Å²) < 4.78 is 5.17. The molecule has 5 heteroatoms. The molecule has 2 bridgehead atoms. The molecule has 0 amide bonds. The summed E-state index contributed by atoms with van der Waals surface area (Å²) in [6.45, 7) is 1.94.